The SMILES string of the molecule is FC(F)(F)C1CCCC(N2CCC(C3CCCN3)CC2)C1. The van der Waals surface area contributed by atoms with Gasteiger partial charge in [-0.25, -0.2) is 0 Å². The highest BCUT2D eigenvalue weighted by Gasteiger charge is 2.43. The molecule has 0 radical (unpaired) electrons. The Morgan fingerprint density at radius 3 is 2.29 bits per heavy atom. The Bertz CT molecular complexity index is 331. The van der Waals surface area contributed by atoms with Gasteiger partial charge in [0.05, 0.1) is 5.92 Å². The van der Waals surface area contributed by atoms with E-state index in [1.54, 1.807) is 0 Å². The maximum absolute atomic E-state index is 12.9. The second-order valence-corrected chi connectivity index (χ2v) is 7.14. The summed E-state index contributed by atoms with van der Waals surface area (Å²) >= 11 is 0. The summed E-state index contributed by atoms with van der Waals surface area (Å²) in [5.74, 6) is -0.323. The molecule has 0 amide bonds. The Kier molecular flexibility index (Phi) is 4.79. The molecule has 3 rings (SSSR count). The van der Waals surface area contributed by atoms with Crippen molar-refractivity contribution in [1.82, 2.24) is 10.2 Å². The van der Waals surface area contributed by atoms with Crippen LogP contribution in [0.3, 0.4) is 0 Å². The molecule has 1 aliphatic carbocycles. The minimum absolute atomic E-state index is 0.169. The van der Waals surface area contributed by atoms with Crippen LogP contribution in [0.15, 0.2) is 0 Å². The number of rotatable bonds is 2. The quantitative estimate of drug-likeness (QED) is 0.839. The standard InChI is InChI=1S/C16H27F3N2/c17-16(18,19)13-3-1-4-14(11-13)21-9-6-12(7-10-21)15-5-2-8-20-15/h12-15,20H,1-11H2. The molecule has 0 spiro atoms. The maximum atomic E-state index is 12.9. The lowest BCUT2D eigenvalue weighted by Gasteiger charge is -2.42. The van der Waals surface area contributed by atoms with Crippen LogP contribution in [0, 0.1) is 11.8 Å². The summed E-state index contributed by atoms with van der Waals surface area (Å²) in [5, 5.41) is 3.58. The summed E-state index contributed by atoms with van der Waals surface area (Å²) in [5.41, 5.74) is 0. The van der Waals surface area contributed by atoms with E-state index in [1.807, 2.05) is 0 Å². The van der Waals surface area contributed by atoms with Gasteiger partial charge in [0.25, 0.3) is 0 Å². The van der Waals surface area contributed by atoms with Gasteiger partial charge in [-0.05, 0) is 70.5 Å². The largest absolute Gasteiger partial charge is 0.391 e. The number of hydrogen-bond donors (Lipinski definition) is 1. The van der Waals surface area contributed by atoms with Crippen molar-refractivity contribution in [2.75, 3.05) is 19.6 Å². The van der Waals surface area contributed by atoms with Gasteiger partial charge < -0.3 is 10.2 Å². The summed E-state index contributed by atoms with van der Waals surface area (Å²) in [6.45, 7) is 3.14. The zero-order valence-electron chi connectivity index (χ0n) is 12.7. The van der Waals surface area contributed by atoms with Crippen LogP contribution in [0.5, 0.6) is 0 Å². The molecule has 2 saturated heterocycles. The van der Waals surface area contributed by atoms with E-state index < -0.39 is 12.1 Å². The summed E-state index contributed by atoms with van der Waals surface area (Å²) in [7, 11) is 0. The number of alkyl halides is 3. The molecule has 0 aromatic rings. The Labute approximate surface area is 125 Å². The average molecular weight is 304 g/mol. The van der Waals surface area contributed by atoms with E-state index in [4.69, 9.17) is 0 Å². The van der Waals surface area contributed by atoms with Gasteiger partial charge >= 0.3 is 6.18 Å². The van der Waals surface area contributed by atoms with Gasteiger partial charge in [0.2, 0.25) is 0 Å². The van der Waals surface area contributed by atoms with E-state index in [1.165, 1.54) is 12.8 Å². The zero-order valence-corrected chi connectivity index (χ0v) is 12.7. The molecule has 0 bridgehead atoms. The van der Waals surface area contributed by atoms with Crippen molar-refractivity contribution < 1.29 is 13.2 Å². The van der Waals surface area contributed by atoms with Crippen molar-refractivity contribution >= 4 is 0 Å². The fourth-order valence-electron chi connectivity index (χ4n) is 4.59. The van der Waals surface area contributed by atoms with Crippen LogP contribution in [0.2, 0.25) is 0 Å². The van der Waals surface area contributed by atoms with Crippen molar-refractivity contribution in [2.24, 2.45) is 11.8 Å². The molecular formula is C16H27F3N2. The first-order valence-corrected chi connectivity index (χ1v) is 8.58. The van der Waals surface area contributed by atoms with E-state index in [2.05, 4.69) is 10.2 Å². The fourth-order valence-corrected chi connectivity index (χ4v) is 4.59. The first-order chi connectivity index (χ1) is 10.0. The molecule has 122 valence electrons. The van der Waals surface area contributed by atoms with Crippen LogP contribution in [0.25, 0.3) is 0 Å². The Morgan fingerprint density at radius 2 is 1.67 bits per heavy atom. The number of piperidine rings is 1. The second kappa shape index (κ2) is 6.45. The minimum atomic E-state index is -4.00. The smallest absolute Gasteiger partial charge is 0.314 e. The lowest BCUT2D eigenvalue weighted by Crippen LogP contribution is -2.47. The second-order valence-electron chi connectivity index (χ2n) is 7.14. The Hall–Kier alpha value is -0.290. The van der Waals surface area contributed by atoms with Gasteiger partial charge in [-0.3, -0.25) is 0 Å². The number of likely N-dealkylation sites (tertiary alicyclic amines) is 1. The molecule has 1 N–H and O–H groups in total. The van der Waals surface area contributed by atoms with Crippen molar-refractivity contribution in [3.63, 3.8) is 0 Å². The van der Waals surface area contributed by atoms with Gasteiger partial charge in [-0.1, -0.05) is 6.42 Å². The number of nitrogens with one attached hydrogen (secondary N) is 1. The van der Waals surface area contributed by atoms with Gasteiger partial charge in [0, 0.05) is 12.1 Å². The first-order valence-electron chi connectivity index (χ1n) is 8.58. The number of nitrogens with zero attached hydrogens (tertiary/aromatic N) is 1. The Morgan fingerprint density at radius 1 is 0.905 bits per heavy atom. The number of halogens is 3. The molecule has 21 heavy (non-hydrogen) atoms. The van der Waals surface area contributed by atoms with Crippen LogP contribution in [0.4, 0.5) is 13.2 Å². The van der Waals surface area contributed by atoms with Crippen LogP contribution in [0.1, 0.15) is 51.4 Å². The van der Waals surface area contributed by atoms with Crippen LogP contribution in [-0.2, 0) is 0 Å². The van der Waals surface area contributed by atoms with Crippen molar-refractivity contribution in [1.29, 1.82) is 0 Å². The van der Waals surface area contributed by atoms with E-state index in [9.17, 15) is 13.2 Å². The van der Waals surface area contributed by atoms with Crippen molar-refractivity contribution in [3.8, 4) is 0 Å². The minimum Gasteiger partial charge on any atom is -0.314 e. The molecule has 3 atom stereocenters. The third-order valence-electron chi connectivity index (χ3n) is 5.87. The summed E-state index contributed by atoms with van der Waals surface area (Å²) < 4.78 is 38.8. The molecule has 2 aliphatic heterocycles. The van der Waals surface area contributed by atoms with Crippen LogP contribution < -0.4 is 5.32 Å². The van der Waals surface area contributed by atoms with Gasteiger partial charge in [-0.15, -0.1) is 0 Å². The summed E-state index contributed by atoms with van der Waals surface area (Å²) in [6.07, 6.45) is 3.24. The summed E-state index contributed by atoms with van der Waals surface area (Å²) in [6, 6.07) is 0.837. The monoisotopic (exact) mass is 304 g/mol. The van der Waals surface area contributed by atoms with Crippen LogP contribution in [-0.4, -0.2) is 42.8 Å². The molecule has 0 aromatic carbocycles. The lowest BCUT2D eigenvalue weighted by atomic mass is 9.82. The van der Waals surface area contributed by atoms with E-state index >= 15 is 0 Å². The molecule has 5 heteroatoms. The maximum Gasteiger partial charge on any atom is 0.391 e. The predicted octanol–water partition coefficient (Wildman–Crippen LogP) is 3.57. The molecule has 3 fully saturated rings. The van der Waals surface area contributed by atoms with E-state index in [-0.39, 0.29) is 6.04 Å². The Balaban J connectivity index is 1.49. The highest BCUT2D eigenvalue weighted by molar-refractivity contribution is 4.89. The first kappa shape index (κ1) is 15.6. The molecular weight excluding hydrogens is 277 g/mol. The highest BCUT2D eigenvalue weighted by atomic mass is 19.4. The highest BCUT2D eigenvalue weighted by Crippen LogP contribution is 2.40. The normalized spacial score (nSPS) is 37.0. The van der Waals surface area contributed by atoms with E-state index in [0.29, 0.717) is 18.9 Å². The molecule has 0 aromatic heterocycles. The molecule has 2 nitrogen and oxygen atoms in total. The van der Waals surface area contributed by atoms with Gasteiger partial charge in [0.15, 0.2) is 0 Å². The molecule has 2 heterocycles. The predicted molar refractivity (Wildman–Crippen MR) is 77.1 cm³/mol. The van der Waals surface area contributed by atoms with Gasteiger partial charge in [-0.2, -0.15) is 13.2 Å². The van der Waals surface area contributed by atoms with Gasteiger partial charge in [0.1, 0.15) is 0 Å². The molecule has 3 unspecified atom stereocenters. The third kappa shape index (κ3) is 3.73. The van der Waals surface area contributed by atoms with Crippen molar-refractivity contribution in [2.45, 2.75) is 69.6 Å². The molecule has 1 saturated carbocycles. The van der Waals surface area contributed by atoms with E-state index in [0.717, 1.165) is 51.2 Å². The third-order valence-corrected chi connectivity index (χ3v) is 5.87. The number of hydrogen-bond acceptors (Lipinski definition) is 2. The molecule has 3 aliphatic rings. The fraction of sp³-hybridized carbons (Fsp3) is 1.00. The summed E-state index contributed by atoms with van der Waals surface area (Å²) in [4.78, 5) is 2.35. The lowest BCUT2D eigenvalue weighted by molar-refractivity contribution is -0.187. The zero-order chi connectivity index (χ0) is 14.9. The topological polar surface area (TPSA) is 15.3 Å². The van der Waals surface area contributed by atoms with Crippen molar-refractivity contribution in [3.05, 3.63) is 0 Å². The van der Waals surface area contributed by atoms with Crippen LogP contribution >= 0.6 is 0 Å². The average Bonchev–Trinajstić information content (AvgIpc) is 3.01.